The van der Waals surface area contributed by atoms with Gasteiger partial charge in [-0.05, 0) is 67.1 Å². The van der Waals surface area contributed by atoms with E-state index in [-0.39, 0.29) is 11.7 Å². The third-order valence-electron chi connectivity index (χ3n) is 4.79. The Balaban J connectivity index is 1.52. The van der Waals surface area contributed by atoms with Crippen molar-refractivity contribution in [2.45, 2.75) is 13.5 Å². The van der Waals surface area contributed by atoms with Crippen molar-refractivity contribution in [2.75, 3.05) is 12.4 Å². The first-order valence-corrected chi connectivity index (χ1v) is 9.42. The number of rotatable bonds is 6. The Kier molecular flexibility index (Phi) is 5.26. The van der Waals surface area contributed by atoms with Gasteiger partial charge in [-0.1, -0.05) is 17.3 Å². The van der Waals surface area contributed by atoms with Crippen LogP contribution in [0.3, 0.4) is 0 Å². The molecule has 1 aromatic heterocycles. The van der Waals surface area contributed by atoms with E-state index in [4.69, 9.17) is 4.74 Å². The van der Waals surface area contributed by atoms with Crippen LogP contribution in [0.2, 0.25) is 0 Å². The molecule has 4 rings (SSSR count). The highest BCUT2D eigenvalue weighted by Crippen LogP contribution is 2.19. The number of hydrogen-bond acceptors (Lipinski definition) is 5. The zero-order chi connectivity index (χ0) is 21.1. The fourth-order valence-electron chi connectivity index (χ4n) is 3.17. The third-order valence-corrected chi connectivity index (χ3v) is 4.79. The van der Waals surface area contributed by atoms with E-state index in [1.807, 2.05) is 30.3 Å². The SMILES string of the molecule is COc1cccc(Cn2nnc3cc(C(=O)Nc4ccc(C(C)=O)cc4)ccc32)c1. The lowest BCUT2D eigenvalue weighted by Gasteiger charge is -2.07. The molecule has 0 spiro atoms. The monoisotopic (exact) mass is 400 g/mol. The lowest BCUT2D eigenvalue weighted by atomic mass is 10.1. The number of fused-ring (bicyclic) bond motifs is 1. The summed E-state index contributed by atoms with van der Waals surface area (Å²) >= 11 is 0. The summed E-state index contributed by atoms with van der Waals surface area (Å²) in [5.74, 6) is 0.511. The highest BCUT2D eigenvalue weighted by atomic mass is 16.5. The molecule has 0 unspecified atom stereocenters. The number of aromatic nitrogens is 3. The molecule has 0 saturated carbocycles. The van der Waals surface area contributed by atoms with Crippen LogP contribution in [-0.2, 0) is 6.54 Å². The molecule has 0 bridgehead atoms. The smallest absolute Gasteiger partial charge is 0.255 e. The van der Waals surface area contributed by atoms with E-state index in [0.29, 0.717) is 28.9 Å². The molecule has 1 heterocycles. The molecule has 1 amide bonds. The molecule has 4 aromatic rings. The Hall–Kier alpha value is -4.00. The molecular formula is C23H20N4O3. The highest BCUT2D eigenvalue weighted by molar-refractivity contribution is 6.06. The topological polar surface area (TPSA) is 86.1 Å². The molecule has 0 radical (unpaired) electrons. The van der Waals surface area contributed by atoms with E-state index >= 15 is 0 Å². The van der Waals surface area contributed by atoms with Gasteiger partial charge in [0.2, 0.25) is 0 Å². The van der Waals surface area contributed by atoms with E-state index in [9.17, 15) is 9.59 Å². The molecule has 1 N–H and O–H groups in total. The average Bonchev–Trinajstić information content (AvgIpc) is 3.16. The summed E-state index contributed by atoms with van der Waals surface area (Å²) < 4.78 is 7.05. The second-order valence-electron chi connectivity index (χ2n) is 6.89. The average molecular weight is 400 g/mol. The number of nitrogens with one attached hydrogen (secondary N) is 1. The fourth-order valence-corrected chi connectivity index (χ4v) is 3.17. The van der Waals surface area contributed by atoms with Crippen molar-refractivity contribution in [3.8, 4) is 5.75 Å². The van der Waals surface area contributed by atoms with Gasteiger partial charge in [-0.15, -0.1) is 5.10 Å². The number of anilines is 1. The van der Waals surface area contributed by atoms with Crippen LogP contribution in [0.15, 0.2) is 66.7 Å². The molecule has 7 heteroatoms. The van der Waals surface area contributed by atoms with Crippen molar-refractivity contribution in [3.05, 3.63) is 83.4 Å². The minimum absolute atomic E-state index is 0.0182. The van der Waals surface area contributed by atoms with Gasteiger partial charge in [0.15, 0.2) is 5.78 Å². The molecule has 0 aliphatic rings. The first-order chi connectivity index (χ1) is 14.5. The van der Waals surface area contributed by atoms with E-state index in [1.54, 1.807) is 48.2 Å². The first-order valence-electron chi connectivity index (χ1n) is 9.42. The van der Waals surface area contributed by atoms with E-state index in [1.165, 1.54) is 6.92 Å². The second kappa shape index (κ2) is 8.16. The normalized spacial score (nSPS) is 10.7. The summed E-state index contributed by atoms with van der Waals surface area (Å²) in [5, 5.41) is 11.3. The van der Waals surface area contributed by atoms with Crippen molar-refractivity contribution in [1.82, 2.24) is 15.0 Å². The van der Waals surface area contributed by atoms with Gasteiger partial charge in [0, 0.05) is 16.8 Å². The molecular weight excluding hydrogens is 380 g/mol. The second-order valence-corrected chi connectivity index (χ2v) is 6.89. The van der Waals surface area contributed by atoms with Gasteiger partial charge in [-0.2, -0.15) is 0 Å². The van der Waals surface area contributed by atoms with Crippen molar-refractivity contribution in [1.29, 1.82) is 0 Å². The highest BCUT2D eigenvalue weighted by Gasteiger charge is 2.11. The minimum atomic E-state index is -0.255. The Morgan fingerprint density at radius 2 is 1.77 bits per heavy atom. The molecule has 0 aliphatic heterocycles. The van der Waals surface area contributed by atoms with Gasteiger partial charge in [-0.25, -0.2) is 4.68 Å². The number of methoxy groups -OCH3 is 1. The lowest BCUT2D eigenvalue weighted by molar-refractivity contribution is 0.101. The number of ketones is 1. The molecule has 0 saturated heterocycles. The fraction of sp³-hybridized carbons (Fsp3) is 0.130. The molecule has 150 valence electrons. The zero-order valence-electron chi connectivity index (χ0n) is 16.6. The maximum Gasteiger partial charge on any atom is 0.255 e. The Morgan fingerprint density at radius 1 is 1.00 bits per heavy atom. The molecule has 0 atom stereocenters. The summed E-state index contributed by atoms with van der Waals surface area (Å²) in [6, 6.07) is 19.8. The molecule has 3 aromatic carbocycles. The van der Waals surface area contributed by atoms with Crippen molar-refractivity contribution in [3.63, 3.8) is 0 Å². The Morgan fingerprint density at radius 3 is 2.50 bits per heavy atom. The van der Waals surface area contributed by atoms with E-state index in [2.05, 4.69) is 15.6 Å². The number of ether oxygens (including phenoxy) is 1. The summed E-state index contributed by atoms with van der Waals surface area (Å²) in [5.41, 5.74) is 4.20. The standard InChI is InChI=1S/C23H20N4O3/c1-15(28)17-6-9-19(10-7-17)24-23(29)18-8-11-22-21(13-18)25-26-27(22)14-16-4-3-5-20(12-16)30-2/h3-13H,14H2,1-2H3,(H,24,29). The van der Waals surface area contributed by atoms with Gasteiger partial charge in [0.25, 0.3) is 5.91 Å². The van der Waals surface area contributed by atoms with Crippen LogP contribution in [0.1, 0.15) is 33.2 Å². The number of benzene rings is 3. The number of amides is 1. The zero-order valence-corrected chi connectivity index (χ0v) is 16.6. The van der Waals surface area contributed by atoms with Crippen LogP contribution < -0.4 is 10.1 Å². The van der Waals surface area contributed by atoms with Crippen molar-refractivity contribution < 1.29 is 14.3 Å². The number of carbonyl (C=O) groups is 2. The summed E-state index contributed by atoms with van der Waals surface area (Å²) in [6.45, 7) is 2.05. The Labute approximate surface area is 173 Å². The number of Topliss-reactive ketones (excluding diaryl/α,β-unsaturated/α-hetero) is 1. The predicted octanol–water partition coefficient (Wildman–Crippen LogP) is 3.94. The van der Waals surface area contributed by atoms with E-state index < -0.39 is 0 Å². The number of hydrogen-bond donors (Lipinski definition) is 1. The van der Waals surface area contributed by atoms with Crippen LogP contribution in [0.25, 0.3) is 11.0 Å². The van der Waals surface area contributed by atoms with Gasteiger partial charge in [0.05, 0.1) is 19.2 Å². The number of nitrogens with zero attached hydrogens (tertiary/aromatic N) is 3. The summed E-state index contributed by atoms with van der Waals surface area (Å²) in [6.07, 6.45) is 0. The number of carbonyl (C=O) groups excluding carboxylic acids is 2. The molecule has 7 nitrogen and oxygen atoms in total. The quantitative estimate of drug-likeness (QED) is 0.496. The van der Waals surface area contributed by atoms with Gasteiger partial charge >= 0.3 is 0 Å². The molecule has 30 heavy (non-hydrogen) atoms. The van der Waals surface area contributed by atoms with Crippen molar-refractivity contribution >= 4 is 28.4 Å². The minimum Gasteiger partial charge on any atom is -0.497 e. The van der Waals surface area contributed by atoms with Gasteiger partial charge in [0.1, 0.15) is 11.3 Å². The summed E-state index contributed by atoms with van der Waals surface area (Å²) in [7, 11) is 1.63. The van der Waals surface area contributed by atoms with Crippen LogP contribution in [0.4, 0.5) is 5.69 Å². The third kappa shape index (κ3) is 4.05. The Bertz CT molecular complexity index is 1230. The maximum atomic E-state index is 12.6. The lowest BCUT2D eigenvalue weighted by Crippen LogP contribution is -2.12. The first kappa shape index (κ1) is 19.3. The molecule has 0 fully saturated rings. The maximum absolute atomic E-state index is 12.6. The van der Waals surface area contributed by atoms with Gasteiger partial charge in [-0.3, -0.25) is 9.59 Å². The van der Waals surface area contributed by atoms with Gasteiger partial charge < -0.3 is 10.1 Å². The van der Waals surface area contributed by atoms with Crippen LogP contribution >= 0.6 is 0 Å². The van der Waals surface area contributed by atoms with Crippen LogP contribution in [-0.4, -0.2) is 33.8 Å². The van der Waals surface area contributed by atoms with Crippen LogP contribution in [0, 0.1) is 0 Å². The van der Waals surface area contributed by atoms with Crippen molar-refractivity contribution in [2.24, 2.45) is 0 Å². The van der Waals surface area contributed by atoms with E-state index in [0.717, 1.165) is 16.8 Å². The largest absolute Gasteiger partial charge is 0.497 e. The predicted molar refractivity (Wildman–Crippen MR) is 114 cm³/mol. The summed E-state index contributed by atoms with van der Waals surface area (Å²) in [4.78, 5) is 24.0. The molecule has 0 aliphatic carbocycles. The van der Waals surface area contributed by atoms with Crippen LogP contribution in [0.5, 0.6) is 5.75 Å².